The number of nitrogens with one attached hydrogen (secondary N) is 1. The van der Waals surface area contributed by atoms with E-state index in [1.54, 1.807) is 13.3 Å². The number of aromatic nitrogens is 2. The number of nitrogens with zero attached hydrogens (tertiary/aromatic N) is 3. The fourth-order valence-corrected chi connectivity index (χ4v) is 3.78. The highest BCUT2D eigenvalue weighted by atomic mass is 16.5. The Morgan fingerprint density at radius 1 is 1.25 bits per heavy atom. The molecule has 3 aromatic rings. The van der Waals surface area contributed by atoms with Crippen molar-refractivity contribution in [2.75, 3.05) is 38.9 Å². The van der Waals surface area contributed by atoms with Crippen LogP contribution in [0.5, 0.6) is 11.5 Å². The third-order valence-electron chi connectivity index (χ3n) is 5.36. The van der Waals surface area contributed by atoms with Crippen molar-refractivity contribution in [1.82, 2.24) is 14.9 Å². The highest BCUT2D eigenvalue weighted by Gasteiger charge is 2.27. The molecule has 1 aliphatic heterocycles. The second-order valence-electron chi connectivity index (χ2n) is 8.08. The molecule has 32 heavy (non-hydrogen) atoms. The molecule has 4 rings (SSSR count). The number of anilines is 2. The van der Waals surface area contributed by atoms with Gasteiger partial charge in [-0.1, -0.05) is 6.07 Å². The van der Waals surface area contributed by atoms with Crippen LogP contribution < -0.4 is 20.5 Å². The van der Waals surface area contributed by atoms with E-state index < -0.39 is 0 Å². The van der Waals surface area contributed by atoms with Crippen molar-refractivity contribution < 1.29 is 14.3 Å². The number of rotatable bonds is 6. The molecule has 0 spiro atoms. The lowest BCUT2D eigenvalue weighted by molar-refractivity contribution is -0.121. The number of nitrogens with two attached hydrogens (primary N) is 1. The fraction of sp³-hybridized carbons (Fsp3) is 0.292. The van der Waals surface area contributed by atoms with Crippen molar-refractivity contribution >= 4 is 17.5 Å². The molecular weight excluding hydrogens is 406 g/mol. The first-order valence-corrected chi connectivity index (χ1v) is 10.4. The summed E-state index contributed by atoms with van der Waals surface area (Å²) in [5.74, 6) is 1.42. The van der Waals surface area contributed by atoms with Gasteiger partial charge in [0.05, 0.1) is 18.7 Å². The summed E-state index contributed by atoms with van der Waals surface area (Å²) < 4.78 is 11.1. The molecule has 1 unspecified atom stereocenters. The summed E-state index contributed by atoms with van der Waals surface area (Å²) in [6, 6.07) is 13.3. The third kappa shape index (κ3) is 4.81. The Bertz CT molecular complexity index is 1130. The van der Waals surface area contributed by atoms with Crippen LogP contribution in [-0.4, -0.2) is 48.6 Å². The van der Waals surface area contributed by atoms with Gasteiger partial charge in [-0.15, -0.1) is 0 Å². The van der Waals surface area contributed by atoms with Gasteiger partial charge in [-0.05, 0) is 68.0 Å². The van der Waals surface area contributed by atoms with Gasteiger partial charge in [0.2, 0.25) is 11.9 Å². The molecular formula is C24H27N5O3. The van der Waals surface area contributed by atoms with Crippen LogP contribution in [0.25, 0.3) is 11.3 Å². The van der Waals surface area contributed by atoms with E-state index in [1.165, 1.54) is 0 Å². The molecule has 0 aliphatic carbocycles. The zero-order valence-corrected chi connectivity index (χ0v) is 18.5. The Hall–Kier alpha value is -3.65. The number of fused-ring (bicyclic) bond motifs is 1. The van der Waals surface area contributed by atoms with Crippen molar-refractivity contribution in [3.63, 3.8) is 0 Å². The summed E-state index contributed by atoms with van der Waals surface area (Å²) in [6.07, 6.45) is 2.23. The van der Waals surface area contributed by atoms with Crippen LogP contribution in [0.2, 0.25) is 0 Å². The number of nitrogen functional groups attached to an aromatic ring is 1. The summed E-state index contributed by atoms with van der Waals surface area (Å²) >= 11 is 0. The number of carbonyl (C=O) groups excluding carboxylic acids is 1. The molecule has 1 aromatic heterocycles. The van der Waals surface area contributed by atoms with Crippen LogP contribution in [0.4, 0.5) is 11.6 Å². The molecule has 8 nitrogen and oxygen atoms in total. The smallest absolute Gasteiger partial charge is 0.231 e. The van der Waals surface area contributed by atoms with Gasteiger partial charge in [0.15, 0.2) is 0 Å². The van der Waals surface area contributed by atoms with Crippen molar-refractivity contribution in [3.05, 3.63) is 59.8 Å². The molecule has 0 saturated carbocycles. The average molecular weight is 434 g/mol. The molecule has 2 aromatic carbocycles. The molecule has 8 heteroatoms. The molecule has 0 saturated heterocycles. The first kappa shape index (κ1) is 21.6. The van der Waals surface area contributed by atoms with Crippen LogP contribution in [0.15, 0.2) is 48.7 Å². The van der Waals surface area contributed by atoms with Gasteiger partial charge in [0.1, 0.15) is 18.1 Å². The van der Waals surface area contributed by atoms with Crippen molar-refractivity contribution in [1.29, 1.82) is 0 Å². The van der Waals surface area contributed by atoms with Crippen LogP contribution in [0.3, 0.4) is 0 Å². The molecule has 0 fully saturated rings. The Morgan fingerprint density at radius 3 is 2.84 bits per heavy atom. The molecule has 3 N–H and O–H groups in total. The lowest BCUT2D eigenvalue weighted by Gasteiger charge is -2.25. The predicted octanol–water partition coefficient (Wildman–Crippen LogP) is 2.99. The highest BCUT2D eigenvalue weighted by molar-refractivity contribution is 5.94. The second-order valence-corrected chi connectivity index (χ2v) is 8.08. The van der Waals surface area contributed by atoms with Gasteiger partial charge in [0, 0.05) is 24.0 Å². The summed E-state index contributed by atoms with van der Waals surface area (Å²) in [5.41, 5.74) is 10.1. The number of methoxy groups -OCH3 is 1. The molecule has 0 bridgehead atoms. The highest BCUT2D eigenvalue weighted by Crippen LogP contribution is 2.32. The quantitative estimate of drug-likeness (QED) is 0.616. The number of amides is 1. The minimum atomic E-state index is -0.289. The Balaban J connectivity index is 1.55. The second kappa shape index (κ2) is 9.23. The van der Waals surface area contributed by atoms with Crippen LogP contribution in [-0.2, 0) is 17.8 Å². The maximum absolute atomic E-state index is 13.1. The zero-order chi connectivity index (χ0) is 22.7. The monoisotopic (exact) mass is 433 g/mol. The lowest BCUT2D eigenvalue weighted by atomic mass is 9.95. The van der Waals surface area contributed by atoms with Crippen molar-refractivity contribution in [3.8, 4) is 22.8 Å². The molecule has 166 valence electrons. The van der Waals surface area contributed by atoms with Crippen molar-refractivity contribution in [2.45, 2.75) is 13.0 Å². The first-order valence-electron chi connectivity index (χ1n) is 10.4. The minimum absolute atomic E-state index is 0.0718. The summed E-state index contributed by atoms with van der Waals surface area (Å²) in [6.45, 7) is 0.998. The van der Waals surface area contributed by atoms with E-state index in [4.69, 9.17) is 15.2 Å². The largest absolute Gasteiger partial charge is 0.497 e. The zero-order valence-electron chi connectivity index (χ0n) is 18.5. The van der Waals surface area contributed by atoms with E-state index in [0.29, 0.717) is 19.6 Å². The third-order valence-corrected chi connectivity index (χ3v) is 5.36. The van der Waals surface area contributed by atoms with Gasteiger partial charge in [0.25, 0.3) is 0 Å². The molecule has 1 amide bonds. The maximum atomic E-state index is 13.1. The van der Waals surface area contributed by atoms with Gasteiger partial charge in [-0.25, -0.2) is 9.97 Å². The van der Waals surface area contributed by atoms with E-state index >= 15 is 0 Å². The van der Waals surface area contributed by atoms with Gasteiger partial charge in [-0.2, -0.15) is 0 Å². The number of ether oxygens (including phenoxy) is 2. The van der Waals surface area contributed by atoms with E-state index in [9.17, 15) is 4.79 Å². The Morgan fingerprint density at radius 2 is 2.09 bits per heavy atom. The number of carbonyl (C=O) groups is 1. The normalized spacial score (nSPS) is 15.1. The van der Waals surface area contributed by atoms with Crippen LogP contribution in [0.1, 0.15) is 11.1 Å². The summed E-state index contributed by atoms with van der Waals surface area (Å²) in [7, 11) is 5.60. The SMILES string of the molecule is COc1ccc2c(c1)CC(C(=O)Nc1ccc(-c3ccnc(N)n3)cc1CN(C)C)CO2. The Kier molecular flexibility index (Phi) is 6.23. The topological polar surface area (TPSA) is 103 Å². The Labute approximate surface area is 187 Å². The molecule has 1 aliphatic rings. The maximum Gasteiger partial charge on any atom is 0.231 e. The van der Waals surface area contributed by atoms with E-state index in [0.717, 1.165) is 39.6 Å². The van der Waals surface area contributed by atoms with Crippen LogP contribution in [0, 0.1) is 5.92 Å². The van der Waals surface area contributed by atoms with Crippen molar-refractivity contribution in [2.24, 2.45) is 5.92 Å². The average Bonchev–Trinajstić information content (AvgIpc) is 2.79. The standard InChI is InChI=1S/C24H27N5O3/c1-29(2)13-17-10-15(21-8-9-26-24(25)28-21)4-6-20(17)27-23(30)18-11-16-12-19(31-3)5-7-22(16)32-14-18/h4-10,12,18H,11,13-14H2,1-3H3,(H,27,30)(H2,25,26,28). The fourth-order valence-electron chi connectivity index (χ4n) is 3.78. The molecule has 0 radical (unpaired) electrons. The number of benzene rings is 2. The summed E-state index contributed by atoms with van der Waals surface area (Å²) in [4.78, 5) is 23.4. The number of hydrogen-bond donors (Lipinski definition) is 2. The van der Waals surface area contributed by atoms with E-state index in [2.05, 4.69) is 20.2 Å². The van der Waals surface area contributed by atoms with E-state index in [-0.39, 0.29) is 17.8 Å². The van der Waals surface area contributed by atoms with Gasteiger partial charge >= 0.3 is 0 Å². The van der Waals surface area contributed by atoms with Crippen LogP contribution >= 0.6 is 0 Å². The lowest BCUT2D eigenvalue weighted by Crippen LogP contribution is -2.33. The predicted molar refractivity (Wildman–Crippen MR) is 124 cm³/mol. The number of hydrogen-bond acceptors (Lipinski definition) is 7. The van der Waals surface area contributed by atoms with Gasteiger partial charge < -0.3 is 25.4 Å². The minimum Gasteiger partial charge on any atom is -0.497 e. The molecule has 1 atom stereocenters. The van der Waals surface area contributed by atoms with E-state index in [1.807, 2.05) is 56.6 Å². The summed E-state index contributed by atoms with van der Waals surface area (Å²) in [5, 5.41) is 3.10. The first-order chi connectivity index (χ1) is 15.4. The van der Waals surface area contributed by atoms with Gasteiger partial charge in [-0.3, -0.25) is 4.79 Å². The molecule has 2 heterocycles.